The number of ether oxygens (including phenoxy) is 1. The molecule has 1 aliphatic heterocycles. The van der Waals surface area contributed by atoms with Gasteiger partial charge in [0.05, 0.1) is 12.6 Å². The van der Waals surface area contributed by atoms with E-state index in [1.165, 1.54) is 0 Å². The van der Waals surface area contributed by atoms with Gasteiger partial charge in [-0.15, -0.1) is 12.4 Å². The highest BCUT2D eigenvalue weighted by Crippen LogP contribution is 2.28. The van der Waals surface area contributed by atoms with Gasteiger partial charge in [0, 0.05) is 16.5 Å². The van der Waals surface area contributed by atoms with Crippen molar-refractivity contribution in [3.63, 3.8) is 0 Å². The van der Waals surface area contributed by atoms with E-state index in [4.69, 9.17) is 4.74 Å². The number of nitrogens with one attached hydrogen (secondary N) is 1. The fraction of sp³-hybridized carbons (Fsp3) is 0.364. The number of amides is 1. The van der Waals surface area contributed by atoms with Crippen molar-refractivity contribution in [1.29, 1.82) is 0 Å². The monoisotopic (exact) mass is 323 g/mol. The van der Waals surface area contributed by atoms with Crippen molar-refractivity contribution < 1.29 is 13.9 Å². The number of aryl methyl sites for hydroxylation is 1. The van der Waals surface area contributed by atoms with Crippen LogP contribution in [0.5, 0.6) is 0 Å². The van der Waals surface area contributed by atoms with E-state index in [-0.39, 0.29) is 24.3 Å². The molecule has 2 rings (SSSR count). The molecule has 1 fully saturated rings. The predicted molar refractivity (Wildman–Crippen MR) is 67.9 cm³/mol. The first-order valence-corrected chi connectivity index (χ1v) is 5.76. The van der Waals surface area contributed by atoms with Gasteiger partial charge < -0.3 is 10.1 Å². The van der Waals surface area contributed by atoms with E-state index in [9.17, 15) is 9.18 Å². The van der Waals surface area contributed by atoms with Crippen molar-refractivity contribution in [1.82, 2.24) is 5.32 Å². The van der Waals surface area contributed by atoms with E-state index in [2.05, 4.69) is 21.2 Å². The van der Waals surface area contributed by atoms with Gasteiger partial charge >= 0.3 is 6.09 Å². The van der Waals surface area contributed by atoms with Crippen LogP contribution in [0.25, 0.3) is 0 Å². The fourth-order valence-electron chi connectivity index (χ4n) is 1.76. The van der Waals surface area contributed by atoms with E-state index in [1.54, 1.807) is 19.1 Å². The molecule has 17 heavy (non-hydrogen) atoms. The summed E-state index contributed by atoms with van der Waals surface area (Å²) in [5.74, 6) is -0.268. The Morgan fingerprint density at radius 1 is 1.53 bits per heavy atom. The number of benzene rings is 1. The molecule has 0 spiro atoms. The van der Waals surface area contributed by atoms with Gasteiger partial charge in [0.1, 0.15) is 5.82 Å². The molecule has 1 atom stereocenters. The van der Waals surface area contributed by atoms with Crippen LogP contribution >= 0.6 is 28.3 Å². The minimum absolute atomic E-state index is 0. The molecule has 1 heterocycles. The molecule has 0 aliphatic carbocycles. The van der Waals surface area contributed by atoms with Crippen LogP contribution in [0, 0.1) is 12.7 Å². The minimum Gasteiger partial charge on any atom is -0.449 e. The highest BCUT2D eigenvalue weighted by atomic mass is 79.9. The quantitative estimate of drug-likeness (QED) is 0.859. The number of halogens is 3. The number of hydrogen-bond donors (Lipinski definition) is 1. The number of carbonyl (C=O) groups excluding carboxylic acids is 1. The zero-order valence-corrected chi connectivity index (χ0v) is 11.5. The molecule has 3 nitrogen and oxygen atoms in total. The first kappa shape index (κ1) is 14.3. The average Bonchev–Trinajstić information content (AvgIpc) is 2.23. The molecule has 1 N–H and O–H groups in total. The molecule has 1 saturated heterocycles. The standard InChI is InChI=1S/C11H11BrFNO2.ClH/c1-6-4-7(12)5-8(10(6)13)9-2-3-16-11(15)14-9;/h4-5,9H,2-3H2,1H3,(H,14,15);1H/t9-;/m0./s1. The number of rotatable bonds is 1. The van der Waals surface area contributed by atoms with Gasteiger partial charge in [-0.1, -0.05) is 15.9 Å². The van der Waals surface area contributed by atoms with Crippen LogP contribution in [-0.4, -0.2) is 12.7 Å². The molecule has 1 amide bonds. The van der Waals surface area contributed by atoms with Gasteiger partial charge in [0.15, 0.2) is 0 Å². The summed E-state index contributed by atoms with van der Waals surface area (Å²) in [5, 5.41) is 2.61. The van der Waals surface area contributed by atoms with Gasteiger partial charge in [-0.25, -0.2) is 9.18 Å². The first-order chi connectivity index (χ1) is 7.58. The Hall–Kier alpha value is -0.810. The molecule has 0 bridgehead atoms. The molecule has 1 aromatic carbocycles. The van der Waals surface area contributed by atoms with E-state index in [1.807, 2.05) is 0 Å². The third-order valence-electron chi connectivity index (χ3n) is 2.55. The van der Waals surface area contributed by atoms with Crippen LogP contribution < -0.4 is 5.32 Å². The molecule has 94 valence electrons. The van der Waals surface area contributed by atoms with Crippen molar-refractivity contribution in [3.05, 3.63) is 33.5 Å². The minimum atomic E-state index is -0.492. The second kappa shape index (κ2) is 5.69. The van der Waals surface area contributed by atoms with Gasteiger partial charge in [0.25, 0.3) is 0 Å². The molecule has 0 saturated carbocycles. The Morgan fingerprint density at radius 3 is 2.88 bits per heavy atom. The molecule has 0 radical (unpaired) electrons. The van der Waals surface area contributed by atoms with Crippen LogP contribution in [0.3, 0.4) is 0 Å². The van der Waals surface area contributed by atoms with Crippen molar-refractivity contribution >= 4 is 34.4 Å². The molecular formula is C11H12BrClFNO2. The summed E-state index contributed by atoms with van der Waals surface area (Å²) in [6, 6.07) is 3.09. The number of alkyl carbamates (subject to hydrolysis) is 1. The van der Waals surface area contributed by atoms with Crippen LogP contribution in [0.1, 0.15) is 23.6 Å². The smallest absolute Gasteiger partial charge is 0.407 e. The lowest BCUT2D eigenvalue weighted by Gasteiger charge is -2.24. The molecule has 1 aromatic rings. The number of hydrogen-bond acceptors (Lipinski definition) is 2. The van der Waals surface area contributed by atoms with E-state index in [0.717, 1.165) is 4.47 Å². The van der Waals surface area contributed by atoms with Crippen LogP contribution in [0.15, 0.2) is 16.6 Å². The highest BCUT2D eigenvalue weighted by Gasteiger charge is 2.24. The van der Waals surface area contributed by atoms with Gasteiger partial charge in [0.2, 0.25) is 0 Å². The Balaban J connectivity index is 0.00000144. The summed E-state index contributed by atoms with van der Waals surface area (Å²) < 4.78 is 19.4. The van der Waals surface area contributed by atoms with E-state index in [0.29, 0.717) is 24.2 Å². The summed E-state index contributed by atoms with van der Waals surface area (Å²) in [4.78, 5) is 11.1. The van der Waals surface area contributed by atoms with Crippen LogP contribution in [0.2, 0.25) is 0 Å². The third-order valence-corrected chi connectivity index (χ3v) is 3.01. The Labute approximate surface area is 113 Å². The summed E-state index contributed by atoms with van der Waals surface area (Å²) in [5.41, 5.74) is 1.06. The van der Waals surface area contributed by atoms with E-state index < -0.39 is 6.09 Å². The fourth-order valence-corrected chi connectivity index (χ4v) is 2.35. The Bertz CT molecular complexity index is 442. The van der Waals surface area contributed by atoms with Gasteiger partial charge in [-0.05, 0) is 24.6 Å². The molecular weight excluding hydrogens is 312 g/mol. The summed E-state index contributed by atoms with van der Waals surface area (Å²) >= 11 is 3.32. The Morgan fingerprint density at radius 2 is 2.24 bits per heavy atom. The normalized spacial score (nSPS) is 19.0. The first-order valence-electron chi connectivity index (χ1n) is 4.97. The highest BCUT2D eigenvalue weighted by molar-refractivity contribution is 9.10. The van der Waals surface area contributed by atoms with E-state index >= 15 is 0 Å². The average molecular weight is 325 g/mol. The lowest BCUT2D eigenvalue weighted by Crippen LogP contribution is -2.35. The Kier molecular flexibility index (Phi) is 4.77. The zero-order chi connectivity index (χ0) is 11.7. The second-order valence-electron chi connectivity index (χ2n) is 3.75. The molecule has 6 heteroatoms. The largest absolute Gasteiger partial charge is 0.449 e. The van der Waals surface area contributed by atoms with Crippen molar-refractivity contribution in [2.24, 2.45) is 0 Å². The zero-order valence-electron chi connectivity index (χ0n) is 9.13. The third kappa shape index (κ3) is 3.10. The van der Waals surface area contributed by atoms with Crippen molar-refractivity contribution in [2.45, 2.75) is 19.4 Å². The topological polar surface area (TPSA) is 38.3 Å². The summed E-state index contributed by atoms with van der Waals surface area (Å²) in [6.07, 6.45) is 0.0896. The molecule has 0 unspecified atom stereocenters. The second-order valence-corrected chi connectivity index (χ2v) is 4.66. The maximum Gasteiger partial charge on any atom is 0.407 e. The van der Waals surface area contributed by atoms with Crippen molar-refractivity contribution in [3.8, 4) is 0 Å². The summed E-state index contributed by atoms with van der Waals surface area (Å²) in [7, 11) is 0. The molecule has 1 aliphatic rings. The van der Waals surface area contributed by atoms with Crippen LogP contribution in [0.4, 0.5) is 9.18 Å². The SMILES string of the molecule is Cc1cc(Br)cc([C@@H]2CCOC(=O)N2)c1F.Cl. The van der Waals surface area contributed by atoms with Gasteiger partial charge in [-0.2, -0.15) is 0 Å². The maximum absolute atomic E-state index is 13.9. The lowest BCUT2D eigenvalue weighted by molar-refractivity contribution is 0.115. The van der Waals surface area contributed by atoms with Gasteiger partial charge in [-0.3, -0.25) is 0 Å². The lowest BCUT2D eigenvalue weighted by atomic mass is 10.0. The number of carbonyl (C=O) groups is 1. The summed E-state index contributed by atoms with van der Waals surface area (Å²) in [6.45, 7) is 2.02. The number of cyclic esters (lactones) is 1. The molecule has 0 aromatic heterocycles. The predicted octanol–water partition coefficient (Wildman–Crippen LogP) is 3.49. The van der Waals surface area contributed by atoms with Crippen molar-refractivity contribution in [2.75, 3.05) is 6.61 Å². The van der Waals surface area contributed by atoms with Crippen LogP contribution in [-0.2, 0) is 4.74 Å². The maximum atomic E-state index is 13.9.